The lowest BCUT2D eigenvalue weighted by Gasteiger charge is -2.21. The number of nitrogens with zero attached hydrogens (tertiary/aromatic N) is 3. The van der Waals surface area contributed by atoms with Crippen molar-refractivity contribution < 1.29 is 4.74 Å². The summed E-state index contributed by atoms with van der Waals surface area (Å²) >= 11 is 17.7. The Morgan fingerprint density at radius 1 is 1.15 bits per heavy atom. The number of fused-ring (bicyclic) bond motifs is 3. The molecule has 26 heavy (non-hydrogen) atoms. The highest BCUT2D eigenvalue weighted by Crippen LogP contribution is 2.43. The molecule has 3 aromatic rings. The van der Waals surface area contributed by atoms with Gasteiger partial charge in [-0.2, -0.15) is 4.98 Å². The number of thioether (sulfide) groups is 1. The number of hydrogen-bond donors (Lipinski definition) is 1. The van der Waals surface area contributed by atoms with Gasteiger partial charge in [-0.15, -0.1) is 10.2 Å². The van der Waals surface area contributed by atoms with Gasteiger partial charge in [-0.3, -0.25) is 0 Å². The first-order chi connectivity index (χ1) is 12.6. The summed E-state index contributed by atoms with van der Waals surface area (Å²) < 4.78 is 7.06. The van der Waals surface area contributed by atoms with Gasteiger partial charge in [-0.25, -0.2) is 0 Å². The Morgan fingerprint density at radius 3 is 2.65 bits per heavy atom. The second-order valence-corrected chi connectivity index (χ2v) is 7.92. The third-order valence-electron chi connectivity index (χ3n) is 3.83. The molecule has 1 aliphatic heterocycles. The highest BCUT2D eigenvalue weighted by Gasteiger charge is 2.28. The minimum absolute atomic E-state index is 0.370. The van der Waals surface area contributed by atoms with Crippen LogP contribution in [0.3, 0.4) is 0 Å². The summed E-state index contributed by atoms with van der Waals surface area (Å²) in [5, 5.41) is 13.3. The number of halogens is 3. The summed E-state index contributed by atoms with van der Waals surface area (Å²) in [6.45, 7) is 0. The molecular formula is C17H11BrCl2N4OS. The molecule has 2 heterocycles. The van der Waals surface area contributed by atoms with Crippen molar-refractivity contribution in [1.82, 2.24) is 15.2 Å². The van der Waals surface area contributed by atoms with Gasteiger partial charge < -0.3 is 10.1 Å². The van der Waals surface area contributed by atoms with Crippen molar-refractivity contribution in [3.05, 3.63) is 56.5 Å². The van der Waals surface area contributed by atoms with Crippen LogP contribution >= 0.6 is 50.9 Å². The molecule has 1 atom stereocenters. The summed E-state index contributed by atoms with van der Waals surface area (Å²) in [6.07, 6.45) is 1.26. The smallest absolute Gasteiger partial charge is 0.247 e. The van der Waals surface area contributed by atoms with Gasteiger partial charge in [0.05, 0.1) is 15.6 Å². The molecule has 0 aliphatic carbocycles. The quantitative estimate of drug-likeness (QED) is 0.476. The Morgan fingerprint density at radius 2 is 1.92 bits per heavy atom. The van der Waals surface area contributed by atoms with Crippen LogP contribution in [-0.2, 0) is 0 Å². The van der Waals surface area contributed by atoms with Crippen LogP contribution in [0.15, 0.2) is 46.0 Å². The molecule has 5 nitrogen and oxygen atoms in total. The van der Waals surface area contributed by atoms with Gasteiger partial charge in [0.2, 0.25) is 17.3 Å². The molecule has 0 unspecified atom stereocenters. The average molecular weight is 470 g/mol. The fraction of sp³-hybridized carbons (Fsp3) is 0.118. The van der Waals surface area contributed by atoms with Gasteiger partial charge in [-0.05, 0) is 36.6 Å². The lowest BCUT2D eigenvalue weighted by molar-refractivity contribution is 0.225. The van der Waals surface area contributed by atoms with Crippen molar-refractivity contribution in [2.45, 2.75) is 11.4 Å². The van der Waals surface area contributed by atoms with E-state index in [0.29, 0.717) is 32.3 Å². The Kier molecular flexibility index (Phi) is 4.96. The number of rotatable bonds is 2. The molecule has 2 aromatic carbocycles. The Hall–Kier alpha value is -1.54. The van der Waals surface area contributed by atoms with E-state index >= 15 is 0 Å². The van der Waals surface area contributed by atoms with E-state index in [9.17, 15) is 0 Å². The van der Waals surface area contributed by atoms with Gasteiger partial charge in [0, 0.05) is 15.7 Å². The van der Waals surface area contributed by atoms with Gasteiger partial charge >= 0.3 is 0 Å². The van der Waals surface area contributed by atoms with Crippen LogP contribution in [0.25, 0.3) is 11.3 Å². The van der Waals surface area contributed by atoms with E-state index in [2.05, 4.69) is 36.4 Å². The molecule has 0 bridgehead atoms. The second-order valence-electron chi connectivity index (χ2n) is 5.42. The molecule has 132 valence electrons. The monoisotopic (exact) mass is 468 g/mol. The Bertz CT molecular complexity index is 984. The molecule has 1 aromatic heterocycles. The molecule has 9 heteroatoms. The summed E-state index contributed by atoms with van der Waals surface area (Å²) in [5.41, 5.74) is 2.84. The molecule has 1 N–H and O–H groups in total. The van der Waals surface area contributed by atoms with Crippen LogP contribution in [0.4, 0.5) is 5.69 Å². The third-order valence-corrected chi connectivity index (χ3v) is 5.52. The fourth-order valence-electron chi connectivity index (χ4n) is 2.65. The Balaban J connectivity index is 1.92. The molecule has 0 fully saturated rings. The topological polar surface area (TPSA) is 59.9 Å². The Labute approximate surface area is 172 Å². The van der Waals surface area contributed by atoms with E-state index in [0.717, 1.165) is 15.7 Å². The largest absolute Gasteiger partial charge is 0.448 e. The molecule has 0 spiro atoms. The highest BCUT2D eigenvalue weighted by atomic mass is 79.9. The molecule has 4 rings (SSSR count). The highest BCUT2D eigenvalue weighted by molar-refractivity contribution is 9.10. The normalized spacial score (nSPS) is 15.3. The van der Waals surface area contributed by atoms with Crippen molar-refractivity contribution in [2.24, 2.45) is 0 Å². The minimum Gasteiger partial charge on any atom is -0.448 e. The van der Waals surface area contributed by atoms with E-state index in [-0.39, 0.29) is 0 Å². The molecule has 0 amide bonds. The fourth-order valence-corrected chi connectivity index (χ4v) is 3.90. The summed E-state index contributed by atoms with van der Waals surface area (Å²) in [5.74, 6) is 0.370. The first-order valence-corrected chi connectivity index (χ1v) is 10.3. The molecular weight excluding hydrogens is 459 g/mol. The third kappa shape index (κ3) is 3.24. The van der Waals surface area contributed by atoms with Crippen molar-refractivity contribution >= 4 is 56.6 Å². The first kappa shape index (κ1) is 17.9. The number of benzene rings is 2. The van der Waals surface area contributed by atoms with Crippen molar-refractivity contribution in [3.8, 4) is 17.1 Å². The van der Waals surface area contributed by atoms with Gasteiger partial charge in [0.25, 0.3) is 0 Å². The lowest BCUT2D eigenvalue weighted by Crippen LogP contribution is -2.18. The minimum atomic E-state index is -0.621. The van der Waals surface area contributed by atoms with Gasteiger partial charge in [0.1, 0.15) is 0 Å². The van der Waals surface area contributed by atoms with Crippen LogP contribution in [0, 0.1) is 0 Å². The van der Waals surface area contributed by atoms with Gasteiger partial charge in [-0.1, -0.05) is 57.0 Å². The van der Waals surface area contributed by atoms with Gasteiger partial charge in [0.15, 0.2) is 5.69 Å². The summed E-state index contributed by atoms with van der Waals surface area (Å²) in [7, 11) is 0. The molecule has 0 saturated carbocycles. The van der Waals surface area contributed by atoms with Crippen molar-refractivity contribution in [2.75, 3.05) is 11.6 Å². The lowest BCUT2D eigenvalue weighted by atomic mass is 10.1. The maximum Gasteiger partial charge on any atom is 0.247 e. The average Bonchev–Trinajstić information content (AvgIpc) is 2.77. The number of hydrogen-bond acceptors (Lipinski definition) is 6. The standard InChI is InChI=1S/C17H11BrCl2N4OS/c1-26-17-22-16-14(23-24-17)9-7-8(18)5-6-12(9)21-15(25-16)13-10(19)3-2-4-11(13)20/h2-7,15,21H,1H3/t15-/m0/s1. The molecule has 0 saturated heterocycles. The van der Waals surface area contributed by atoms with E-state index < -0.39 is 6.23 Å². The van der Waals surface area contributed by atoms with E-state index in [1.54, 1.807) is 18.2 Å². The first-order valence-electron chi connectivity index (χ1n) is 7.52. The maximum absolute atomic E-state index is 6.39. The zero-order valence-electron chi connectivity index (χ0n) is 13.3. The van der Waals surface area contributed by atoms with Crippen molar-refractivity contribution in [1.29, 1.82) is 0 Å². The van der Waals surface area contributed by atoms with Crippen LogP contribution in [-0.4, -0.2) is 21.4 Å². The summed E-state index contributed by atoms with van der Waals surface area (Å²) in [6, 6.07) is 11.1. The van der Waals surface area contributed by atoms with Crippen molar-refractivity contribution in [3.63, 3.8) is 0 Å². The molecule has 1 aliphatic rings. The maximum atomic E-state index is 6.39. The number of aromatic nitrogens is 3. The zero-order valence-corrected chi connectivity index (χ0v) is 17.2. The van der Waals surface area contributed by atoms with Crippen LogP contribution in [0.2, 0.25) is 10.0 Å². The number of ether oxygens (including phenoxy) is 1. The number of anilines is 1. The SMILES string of the molecule is CSc1nnc2c(n1)O[C@@H](c1c(Cl)cccc1Cl)Nc1ccc(Br)cc1-2. The van der Waals surface area contributed by atoms with E-state index in [1.165, 1.54) is 11.8 Å². The summed E-state index contributed by atoms with van der Waals surface area (Å²) in [4.78, 5) is 4.48. The van der Waals surface area contributed by atoms with E-state index in [4.69, 9.17) is 27.9 Å². The molecule has 0 radical (unpaired) electrons. The predicted octanol–water partition coefficient (Wildman–Crippen LogP) is 5.83. The van der Waals surface area contributed by atoms with E-state index in [1.807, 2.05) is 24.5 Å². The van der Waals surface area contributed by atoms with Crippen LogP contribution in [0.1, 0.15) is 11.8 Å². The van der Waals surface area contributed by atoms with Crippen LogP contribution < -0.4 is 10.1 Å². The van der Waals surface area contributed by atoms with Crippen LogP contribution in [0.5, 0.6) is 5.88 Å². The zero-order chi connectivity index (χ0) is 18.3. The number of nitrogens with one attached hydrogen (secondary N) is 1. The predicted molar refractivity (Wildman–Crippen MR) is 108 cm³/mol. The second kappa shape index (κ2) is 7.23.